The van der Waals surface area contributed by atoms with Crippen molar-refractivity contribution in [2.75, 3.05) is 5.73 Å². The normalized spacial score (nSPS) is 11.0. The molecule has 0 unspecified atom stereocenters. The summed E-state index contributed by atoms with van der Waals surface area (Å²) in [5, 5.41) is 0. The van der Waals surface area contributed by atoms with Gasteiger partial charge in [0.05, 0.1) is 10.2 Å². The van der Waals surface area contributed by atoms with Gasteiger partial charge in [-0.3, -0.25) is 4.98 Å². The first-order chi connectivity index (χ1) is 8.97. The van der Waals surface area contributed by atoms with Crippen molar-refractivity contribution in [1.29, 1.82) is 0 Å². The summed E-state index contributed by atoms with van der Waals surface area (Å²) in [6.45, 7) is 4.28. The number of pyridine rings is 1. The second-order valence-electron chi connectivity index (χ2n) is 4.65. The molecule has 0 spiro atoms. The summed E-state index contributed by atoms with van der Waals surface area (Å²) in [5.41, 5.74) is 7.56. The molecule has 2 aromatic heterocycles. The molecule has 0 saturated heterocycles. The molecule has 2 heterocycles. The Morgan fingerprint density at radius 1 is 1.21 bits per heavy atom. The van der Waals surface area contributed by atoms with E-state index in [2.05, 4.69) is 60.7 Å². The van der Waals surface area contributed by atoms with Gasteiger partial charge in [-0.2, -0.15) is 0 Å². The summed E-state index contributed by atoms with van der Waals surface area (Å²) in [7, 11) is 0. The van der Waals surface area contributed by atoms with Gasteiger partial charge in [-0.1, -0.05) is 13.8 Å². The van der Waals surface area contributed by atoms with Crippen molar-refractivity contribution < 1.29 is 0 Å². The molecule has 0 fully saturated rings. The highest BCUT2D eigenvalue weighted by molar-refractivity contribution is 9.10. The van der Waals surface area contributed by atoms with Gasteiger partial charge < -0.3 is 5.73 Å². The molecular weight excluding hydrogens is 372 g/mol. The number of nitrogens with zero attached hydrogens (tertiary/aromatic N) is 3. The zero-order valence-corrected chi connectivity index (χ0v) is 13.9. The van der Waals surface area contributed by atoms with Gasteiger partial charge in [0.1, 0.15) is 11.5 Å². The maximum atomic E-state index is 5.93. The summed E-state index contributed by atoms with van der Waals surface area (Å²) in [6, 6.07) is 3.78. The third-order valence-corrected chi connectivity index (χ3v) is 3.84. The largest absolute Gasteiger partial charge is 0.383 e. The van der Waals surface area contributed by atoms with Gasteiger partial charge in [-0.05, 0) is 56.3 Å². The molecule has 0 aromatic carbocycles. The van der Waals surface area contributed by atoms with E-state index in [1.165, 1.54) is 0 Å². The van der Waals surface area contributed by atoms with Crippen LogP contribution in [0.4, 0.5) is 5.82 Å². The molecule has 2 rings (SSSR count). The average Bonchev–Trinajstić information content (AvgIpc) is 2.35. The zero-order chi connectivity index (χ0) is 14.0. The van der Waals surface area contributed by atoms with Crippen LogP contribution in [0.3, 0.4) is 0 Å². The quantitative estimate of drug-likeness (QED) is 0.871. The molecule has 0 bridgehead atoms. The first-order valence-electron chi connectivity index (χ1n) is 5.91. The molecule has 4 nitrogen and oxygen atoms in total. The minimum Gasteiger partial charge on any atom is -0.383 e. The molecule has 0 aliphatic rings. The van der Waals surface area contributed by atoms with Crippen LogP contribution in [0.15, 0.2) is 27.3 Å². The smallest absolute Gasteiger partial charge is 0.180 e. The van der Waals surface area contributed by atoms with Crippen LogP contribution in [0.1, 0.15) is 19.5 Å². The van der Waals surface area contributed by atoms with Crippen molar-refractivity contribution in [3.05, 3.63) is 33.0 Å². The summed E-state index contributed by atoms with van der Waals surface area (Å²) < 4.78 is 1.70. The third-order valence-electron chi connectivity index (χ3n) is 2.50. The Bertz CT molecular complexity index is 582. The van der Waals surface area contributed by atoms with Gasteiger partial charge in [0, 0.05) is 10.7 Å². The van der Waals surface area contributed by atoms with Crippen LogP contribution >= 0.6 is 31.9 Å². The molecule has 2 N–H and O–H groups in total. The summed E-state index contributed by atoms with van der Waals surface area (Å²) >= 11 is 6.80. The number of rotatable bonds is 3. The van der Waals surface area contributed by atoms with Gasteiger partial charge in [0.25, 0.3) is 0 Å². The number of aromatic nitrogens is 3. The second kappa shape index (κ2) is 5.96. The van der Waals surface area contributed by atoms with Gasteiger partial charge in [-0.25, -0.2) is 9.97 Å². The molecule has 0 aliphatic heterocycles. The Hall–Kier alpha value is -1.01. The Labute approximate surface area is 129 Å². The van der Waals surface area contributed by atoms with Crippen LogP contribution in [0.5, 0.6) is 0 Å². The van der Waals surface area contributed by atoms with E-state index >= 15 is 0 Å². The number of hydrogen-bond acceptors (Lipinski definition) is 4. The van der Waals surface area contributed by atoms with Crippen LogP contribution in [-0.2, 0) is 6.42 Å². The molecule has 2 aromatic rings. The van der Waals surface area contributed by atoms with Gasteiger partial charge in [0.15, 0.2) is 5.82 Å². The van der Waals surface area contributed by atoms with Gasteiger partial charge in [0.2, 0.25) is 0 Å². The highest BCUT2D eigenvalue weighted by atomic mass is 79.9. The Morgan fingerprint density at radius 2 is 1.95 bits per heavy atom. The SMILES string of the molecule is CC(C)Cc1nc(-c2ccc(Br)cn2)nc(N)c1Br. The van der Waals surface area contributed by atoms with Crippen molar-refractivity contribution in [2.45, 2.75) is 20.3 Å². The van der Waals surface area contributed by atoms with Crippen molar-refractivity contribution in [3.8, 4) is 11.5 Å². The van der Waals surface area contributed by atoms with E-state index in [0.717, 1.165) is 21.1 Å². The minimum atomic E-state index is 0.449. The molecule has 6 heteroatoms. The van der Waals surface area contributed by atoms with E-state index in [-0.39, 0.29) is 0 Å². The lowest BCUT2D eigenvalue weighted by Crippen LogP contribution is -2.06. The molecule has 0 radical (unpaired) electrons. The van der Waals surface area contributed by atoms with E-state index < -0.39 is 0 Å². The fourth-order valence-corrected chi connectivity index (χ4v) is 2.23. The summed E-state index contributed by atoms with van der Waals surface area (Å²) in [5.74, 6) is 1.51. The standard InChI is InChI=1S/C13H14Br2N4/c1-7(2)5-10-11(15)12(16)19-13(18-10)9-4-3-8(14)6-17-9/h3-4,6-7H,5H2,1-2H3,(H2,16,18,19). The van der Waals surface area contributed by atoms with Crippen LogP contribution < -0.4 is 5.73 Å². The van der Waals surface area contributed by atoms with E-state index in [4.69, 9.17) is 5.73 Å². The highest BCUT2D eigenvalue weighted by Gasteiger charge is 2.13. The van der Waals surface area contributed by atoms with Crippen LogP contribution in [0, 0.1) is 5.92 Å². The fraction of sp³-hybridized carbons (Fsp3) is 0.308. The number of hydrogen-bond donors (Lipinski definition) is 1. The predicted molar refractivity (Wildman–Crippen MR) is 83.6 cm³/mol. The second-order valence-corrected chi connectivity index (χ2v) is 6.36. The van der Waals surface area contributed by atoms with Crippen LogP contribution in [0.25, 0.3) is 11.5 Å². The van der Waals surface area contributed by atoms with E-state index in [9.17, 15) is 0 Å². The highest BCUT2D eigenvalue weighted by Crippen LogP contribution is 2.26. The maximum Gasteiger partial charge on any atom is 0.180 e. The topological polar surface area (TPSA) is 64.7 Å². The Kier molecular flexibility index (Phi) is 4.52. The Morgan fingerprint density at radius 3 is 2.53 bits per heavy atom. The maximum absolute atomic E-state index is 5.93. The molecular formula is C13H14Br2N4. The average molecular weight is 386 g/mol. The molecule has 100 valence electrons. The number of nitrogens with two attached hydrogens (primary N) is 1. The first kappa shape index (κ1) is 14.4. The fourth-order valence-electron chi connectivity index (χ4n) is 1.66. The predicted octanol–water partition coefficient (Wildman–Crippen LogP) is 3.84. The lowest BCUT2D eigenvalue weighted by atomic mass is 10.1. The van der Waals surface area contributed by atoms with Crippen molar-refractivity contribution in [3.63, 3.8) is 0 Å². The van der Waals surface area contributed by atoms with Crippen molar-refractivity contribution in [2.24, 2.45) is 5.92 Å². The molecule has 19 heavy (non-hydrogen) atoms. The molecule has 0 amide bonds. The molecule has 0 aliphatic carbocycles. The van der Waals surface area contributed by atoms with Crippen molar-refractivity contribution >= 4 is 37.7 Å². The number of halogens is 2. The van der Waals surface area contributed by atoms with E-state index in [1.807, 2.05) is 12.1 Å². The lowest BCUT2D eigenvalue weighted by molar-refractivity contribution is 0.632. The van der Waals surface area contributed by atoms with Crippen molar-refractivity contribution in [1.82, 2.24) is 15.0 Å². The van der Waals surface area contributed by atoms with Crippen LogP contribution in [0.2, 0.25) is 0 Å². The minimum absolute atomic E-state index is 0.449. The molecule has 0 atom stereocenters. The molecule has 0 saturated carbocycles. The Balaban J connectivity index is 2.46. The van der Waals surface area contributed by atoms with Gasteiger partial charge >= 0.3 is 0 Å². The summed E-state index contributed by atoms with van der Waals surface area (Å²) in [6.07, 6.45) is 2.57. The van der Waals surface area contributed by atoms with Crippen LogP contribution in [-0.4, -0.2) is 15.0 Å². The van der Waals surface area contributed by atoms with E-state index in [1.54, 1.807) is 6.20 Å². The lowest BCUT2D eigenvalue weighted by Gasteiger charge is -2.10. The third kappa shape index (κ3) is 3.51. The number of nitrogen functional groups attached to an aromatic ring is 1. The zero-order valence-electron chi connectivity index (χ0n) is 10.7. The first-order valence-corrected chi connectivity index (χ1v) is 7.49. The van der Waals surface area contributed by atoms with Gasteiger partial charge in [-0.15, -0.1) is 0 Å². The number of anilines is 1. The summed E-state index contributed by atoms with van der Waals surface area (Å²) in [4.78, 5) is 13.1. The van der Waals surface area contributed by atoms with E-state index in [0.29, 0.717) is 23.3 Å². The monoisotopic (exact) mass is 384 g/mol.